The van der Waals surface area contributed by atoms with Gasteiger partial charge in [0.1, 0.15) is 0 Å². The van der Waals surface area contributed by atoms with Crippen LogP contribution in [-0.2, 0) is 13.2 Å². The molecule has 1 amide bonds. The smallest absolute Gasteiger partial charge is 0.254 e. The zero-order valence-corrected chi connectivity index (χ0v) is 11.6. The third-order valence-electron chi connectivity index (χ3n) is 3.27. The Morgan fingerprint density at radius 3 is 2.20 bits per heavy atom. The number of hydrogen-bond acceptors (Lipinski definition) is 2. The molecule has 3 nitrogen and oxygen atoms in total. The first kappa shape index (κ1) is 14.3. The van der Waals surface area contributed by atoms with Crippen LogP contribution in [0.5, 0.6) is 0 Å². The van der Waals surface area contributed by atoms with Crippen LogP contribution in [0, 0.1) is 0 Å². The summed E-state index contributed by atoms with van der Waals surface area (Å²) in [5.74, 6) is 0.0147. The van der Waals surface area contributed by atoms with Crippen LogP contribution in [0.25, 0.3) is 0 Å². The molecule has 2 aromatic carbocycles. The van der Waals surface area contributed by atoms with Crippen molar-refractivity contribution in [2.45, 2.75) is 20.1 Å². The normalized spacial score (nSPS) is 10.3. The van der Waals surface area contributed by atoms with Gasteiger partial charge in [-0.25, -0.2) is 0 Å². The maximum atomic E-state index is 12.4. The molecule has 2 aromatic rings. The number of aliphatic hydroxyl groups is 1. The molecule has 0 heterocycles. The van der Waals surface area contributed by atoms with Crippen molar-refractivity contribution < 1.29 is 9.90 Å². The van der Waals surface area contributed by atoms with Gasteiger partial charge in [-0.2, -0.15) is 0 Å². The third-order valence-corrected chi connectivity index (χ3v) is 3.27. The van der Waals surface area contributed by atoms with Crippen molar-refractivity contribution in [3.05, 3.63) is 71.3 Å². The van der Waals surface area contributed by atoms with Crippen molar-refractivity contribution in [2.75, 3.05) is 6.54 Å². The molecule has 0 unspecified atom stereocenters. The quantitative estimate of drug-likeness (QED) is 0.906. The molecule has 3 heteroatoms. The first-order valence-corrected chi connectivity index (χ1v) is 6.77. The van der Waals surface area contributed by atoms with Crippen LogP contribution in [-0.4, -0.2) is 22.5 Å². The van der Waals surface area contributed by atoms with Gasteiger partial charge in [-0.3, -0.25) is 4.79 Å². The van der Waals surface area contributed by atoms with Crippen LogP contribution in [0.1, 0.15) is 28.4 Å². The highest BCUT2D eigenvalue weighted by Gasteiger charge is 2.14. The Bertz CT molecular complexity index is 549. The third kappa shape index (κ3) is 3.45. The van der Waals surface area contributed by atoms with E-state index in [0.29, 0.717) is 18.7 Å². The van der Waals surface area contributed by atoms with E-state index in [4.69, 9.17) is 5.11 Å². The number of aliphatic hydroxyl groups excluding tert-OH is 1. The van der Waals surface area contributed by atoms with Crippen molar-refractivity contribution in [1.29, 1.82) is 0 Å². The lowest BCUT2D eigenvalue weighted by molar-refractivity contribution is 0.0752. The molecule has 0 atom stereocenters. The molecule has 0 aliphatic rings. The van der Waals surface area contributed by atoms with Gasteiger partial charge in [0, 0.05) is 18.7 Å². The predicted molar refractivity (Wildman–Crippen MR) is 79.2 cm³/mol. The molecule has 0 saturated heterocycles. The average Bonchev–Trinajstić information content (AvgIpc) is 2.53. The highest BCUT2D eigenvalue weighted by molar-refractivity contribution is 5.94. The second kappa shape index (κ2) is 6.87. The fraction of sp³-hybridized carbons (Fsp3) is 0.235. The van der Waals surface area contributed by atoms with Gasteiger partial charge in [0.2, 0.25) is 0 Å². The highest BCUT2D eigenvalue weighted by Crippen LogP contribution is 2.11. The van der Waals surface area contributed by atoms with Crippen LogP contribution in [0.2, 0.25) is 0 Å². The van der Waals surface area contributed by atoms with Crippen molar-refractivity contribution in [2.24, 2.45) is 0 Å². The fourth-order valence-corrected chi connectivity index (χ4v) is 2.07. The number of benzene rings is 2. The van der Waals surface area contributed by atoms with Gasteiger partial charge in [0.25, 0.3) is 5.91 Å². The van der Waals surface area contributed by atoms with Crippen molar-refractivity contribution in [3.63, 3.8) is 0 Å². The van der Waals surface area contributed by atoms with E-state index in [-0.39, 0.29) is 12.5 Å². The minimum absolute atomic E-state index is 0.00399. The average molecular weight is 269 g/mol. The molecule has 20 heavy (non-hydrogen) atoms. The molecule has 2 rings (SSSR count). The van der Waals surface area contributed by atoms with Gasteiger partial charge in [0.05, 0.1) is 6.61 Å². The summed E-state index contributed by atoms with van der Waals surface area (Å²) >= 11 is 0. The van der Waals surface area contributed by atoms with Crippen LogP contribution >= 0.6 is 0 Å². The van der Waals surface area contributed by atoms with Gasteiger partial charge in [-0.15, -0.1) is 0 Å². The Morgan fingerprint density at radius 2 is 1.65 bits per heavy atom. The lowest BCUT2D eigenvalue weighted by Crippen LogP contribution is -2.30. The van der Waals surface area contributed by atoms with Crippen molar-refractivity contribution in [3.8, 4) is 0 Å². The SMILES string of the molecule is CCN(Cc1ccccc1)C(=O)c1ccc(CO)cc1. The van der Waals surface area contributed by atoms with Crippen molar-refractivity contribution >= 4 is 5.91 Å². The molecule has 0 aliphatic heterocycles. The van der Waals surface area contributed by atoms with Gasteiger partial charge in [-0.1, -0.05) is 42.5 Å². The monoisotopic (exact) mass is 269 g/mol. The zero-order valence-electron chi connectivity index (χ0n) is 11.6. The summed E-state index contributed by atoms with van der Waals surface area (Å²) in [6, 6.07) is 17.1. The van der Waals surface area contributed by atoms with Gasteiger partial charge >= 0.3 is 0 Å². The lowest BCUT2D eigenvalue weighted by atomic mass is 10.1. The molecule has 0 fully saturated rings. The maximum Gasteiger partial charge on any atom is 0.254 e. The van der Waals surface area contributed by atoms with E-state index in [1.165, 1.54) is 0 Å². The van der Waals surface area contributed by atoms with Gasteiger partial charge in [0.15, 0.2) is 0 Å². The van der Waals surface area contributed by atoms with E-state index < -0.39 is 0 Å². The highest BCUT2D eigenvalue weighted by atomic mass is 16.3. The largest absolute Gasteiger partial charge is 0.392 e. The van der Waals surface area contributed by atoms with E-state index in [1.54, 1.807) is 24.3 Å². The van der Waals surface area contributed by atoms with Crippen LogP contribution in [0.4, 0.5) is 0 Å². The van der Waals surface area contributed by atoms with E-state index in [9.17, 15) is 4.79 Å². The lowest BCUT2D eigenvalue weighted by Gasteiger charge is -2.21. The summed E-state index contributed by atoms with van der Waals surface area (Å²) in [7, 11) is 0. The Labute approximate surface area is 119 Å². The summed E-state index contributed by atoms with van der Waals surface area (Å²) in [5, 5.41) is 9.02. The Hall–Kier alpha value is -2.13. The predicted octanol–water partition coefficient (Wildman–Crippen LogP) is 2.84. The summed E-state index contributed by atoms with van der Waals surface area (Å²) in [6.07, 6.45) is 0. The molecule has 0 aromatic heterocycles. The first-order valence-electron chi connectivity index (χ1n) is 6.77. The molecule has 0 spiro atoms. The van der Waals surface area contributed by atoms with Gasteiger partial charge in [-0.05, 0) is 30.2 Å². The molecule has 0 saturated carbocycles. The molecule has 0 bridgehead atoms. The Morgan fingerprint density at radius 1 is 1.00 bits per heavy atom. The summed E-state index contributed by atoms with van der Waals surface area (Å²) in [6.45, 7) is 3.24. The molecular formula is C17H19NO2. The van der Waals surface area contributed by atoms with Crippen LogP contribution < -0.4 is 0 Å². The first-order chi connectivity index (χ1) is 9.74. The summed E-state index contributed by atoms with van der Waals surface area (Å²) in [5.41, 5.74) is 2.59. The van der Waals surface area contributed by atoms with Crippen LogP contribution in [0.3, 0.4) is 0 Å². The second-order valence-electron chi connectivity index (χ2n) is 4.66. The summed E-state index contributed by atoms with van der Waals surface area (Å²) < 4.78 is 0. The number of carbonyl (C=O) groups excluding carboxylic acids is 1. The molecule has 1 N–H and O–H groups in total. The van der Waals surface area contributed by atoms with E-state index >= 15 is 0 Å². The molecule has 104 valence electrons. The fourth-order valence-electron chi connectivity index (χ4n) is 2.07. The molecular weight excluding hydrogens is 250 g/mol. The number of rotatable bonds is 5. The van der Waals surface area contributed by atoms with E-state index in [0.717, 1.165) is 11.1 Å². The van der Waals surface area contributed by atoms with E-state index in [1.807, 2.05) is 42.2 Å². The minimum atomic E-state index is -0.00399. The minimum Gasteiger partial charge on any atom is -0.392 e. The number of amides is 1. The molecule has 0 radical (unpaired) electrons. The van der Waals surface area contributed by atoms with Gasteiger partial charge < -0.3 is 10.0 Å². The Balaban J connectivity index is 2.12. The summed E-state index contributed by atoms with van der Waals surface area (Å²) in [4.78, 5) is 14.3. The number of nitrogens with zero attached hydrogens (tertiary/aromatic N) is 1. The molecule has 0 aliphatic carbocycles. The zero-order chi connectivity index (χ0) is 14.4. The second-order valence-corrected chi connectivity index (χ2v) is 4.66. The standard InChI is InChI=1S/C17H19NO2/c1-2-18(12-14-6-4-3-5-7-14)17(20)16-10-8-15(13-19)9-11-16/h3-11,19H,2,12-13H2,1H3. The topological polar surface area (TPSA) is 40.5 Å². The van der Waals surface area contributed by atoms with Crippen molar-refractivity contribution in [1.82, 2.24) is 4.90 Å². The number of hydrogen-bond donors (Lipinski definition) is 1. The number of carbonyl (C=O) groups is 1. The maximum absolute atomic E-state index is 12.4. The Kier molecular flexibility index (Phi) is 4.91. The van der Waals surface area contributed by atoms with E-state index in [2.05, 4.69) is 0 Å². The van der Waals surface area contributed by atoms with Crippen LogP contribution in [0.15, 0.2) is 54.6 Å².